The molecule has 1 heterocycles. The van der Waals surface area contributed by atoms with E-state index in [4.69, 9.17) is 10.5 Å². The van der Waals surface area contributed by atoms with Crippen LogP contribution in [0.25, 0.3) is 0 Å². The molecule has 0 saturated carbocycles. The fourth-order valence-corrected chi connectivity index (χ4v) is 1.38. The first-order valence-electron chi connectivity index (χ1n) is 3.49. The molecule has 0 fully saturated rings. The minimum absolute atomic E-state index is 0.414. The van der Waals surface area contributed by atoms with Gasteiger partial charge in [0.05, 0.1) is 12.5 Å². The van der Waals surface area contributed by atoms with E-state index in [9.17, 15) is 0 Å². The van der Waals surface area contributed by atoms with Gasteiger partial charge in [-0.1, -0.05) is 11.8 Å². The topological polar surface area (TPSA) is 66.0 Å². The Bertz CT molecular complexity index is 250. The smallest absolute Gasteiger partial charge is 0.193 e. The Morgan fingerprint density at radius 1 is 1.58 bits per heavy atom. The van der Waals surface area contributed by atoms with Crippen molar-refractivity contribution in [2.75, 3.05) is 13.0 Å². The normalized spacial score (nSPS) is 10.6. The van der Waals surface area contributed by atoms with E-state index in [1.165, 1.54) is 11.8 Å². The zero-order valence-electron chi connectivity index (χ0n) is 7.15. The molecule has 1 rings (SSSR count). The van der Waals surface area contributed by atoms with Crippen molar-refractivity contribution in [2.24, 2.45) is 12.8 Å². The fraction of sp³-hybridized carbons (Fsp3) is 0.667. The van der Waals surface area contributed by atoms with Crippen LogP contribution in [-0.4, -0.2) is 27.8 Å². The number of methoxy groups -OCH3 is 1. The molecule has 0 aromatic carbocycles. The number of nitrogens with zero attached hydrogens (tertiary/aromatic N) is 3. The van der Waals surface area contributed by atoms with Crippen LogP contribution < -0.4 is 5.73 Å². The van der Waals surface area contributed by atoms with Gasteiger partial charge in [0.2, 0.25) is 0 Å². The van der Waals surface area contributed by atoms with Crippen LogP contribution >= 0.6 is 11.8 Å². The summed E-state index contributed by atoms with van der Waals surface area (Å²) in [5.74, 6) is 1.37. The summed E-state index contributed by atoms with van der Waals surface area (Å²) in [7, 11) is 3.54. The van der Waals surface area contributed by atoms with Crippen molar-refractivity contribution in [1.29, 1.82) is 0 Å². The average Bonchev–Trinajstić information content (AvgIpc) is 2.43. The molecule has 2 N–H and O–H groups in total. The maximum atomic E-state index is 5.43. The van der Waals surface area contributed by atoms with Crippen LogP contribution in [0.5, 0.6) is 0 Å². The van der Waals surface area contributed by atoms with Gasteiger partial charge in [-0.15, -0.1) is 10.2 Å². The molecule has 0 radical (unpaired) electrons. The molecule has 0 bridgehead atoms. The van der Waals surface area contributed by atoms with Crippen molar-refractivity contribution < 1.29 is 4.74 Å². The molecule has 0 saturated heterocycles. The highest BCUT2D eigenvalue weighted by molar-refractivity contribution is 7.99. The van der Waals surface area contributed by atoms with Gasteiger partial charge in [0.1, 0.15) is 5.82 Å². The van der Waals surface area contributed by atoms with Crippen molar-refractivity contribution in [3.63, 3.8) is 0 Å². The third-order valence-corrected chi connectivity index (χ3v) is 2.38. The predicted octanol–water partition coefficient (Wildman–Crippen LogP) is -0.0302. The lowest BCUT2D eigenvalue weighted by molar-refractivity contribution is 0.258. The first-order chi connectivity index (χ1) is 5.79. The van der Waals surface area contributed by atoms with Gasteiger partial charge >= 0.3 is 0 Å². The van der Waals surface area contributed by atoms with Crippen LogP contribution in [0.4, 0.5) is 0 Å². The summed E-state index contributed by atoms with van der Waals surface area (Å²) in [6.45, 7) is 0.414. The van der Waals surface area contributed by atoms with Gasteiger partial charge in [0, 0.05) is 14.2 Å². The SMILES string of the molecule is COCSc1nnc(CN)n1C. The first kappa shape index (κ1) is 9.50. The highest BCUT2D eigenvalue weighted by atomic mass is 32.2. The Labute approximate surface area is 75.3 Å². The Morgan fingerprint density at radius 3 is 2.83 bits per heavy atom. The lowest BCUT2D eigenvalue weighted by Gasteiger charge is -2.00. The van der Waals surface area contributed by atoms with Crippen LogP contribution in [0.15, 0.2) is 5.16 Å². The molecular weight excluding hydrogens is 176 g/mol. The molecule has 1 aromatic heterocycles. The van der Waals surface area contributed by atoms with Gasteiger partial charge in [-0.2, -0.15) is 0 Å². The van der Waals surface area contributed by atoms with Gasteiger partial charge < -0.3 is 15.0 Å². The second-order valence-corrected chi connectivity index (χ2v) is 3.10. The monoisotopic (exact) mass is 188 g/mol. The van der Waals surface area contributed by atoms with Crippen LogP contribution in [-0.2, 0) is 18.3 Å². The minimum Gasteiger partial charge on any atom is -0.374 e. The summed E-state index contributed by atoms with van der Waals surface area (Å²) in [4.78, 5) is 0. The zero-order valence-corrected chi connectivity index (χ0v) is 7.97. The molecule has 1 aromatic rings. The quantitative estimate of drug-likeness (QED) is 0.531. The summed E-state index contributed by atoms with van der Waals surface area (Å²) in [6.07, 6.45) is 0. The second kappa shape index (κ2) is 4.44. The lowest BCUT2D eigenvalue weighted by atomic mass is 10.6. The average molecular weight is 188 g/mol. The summed E-state index contributed by atoms with van der Waals surface area (Å²) >= 11 is 1.49. The van der Waals surface area contributed by atoms with Crippen molar-refractivity contribution >= 4 is 11.8 Å². The van der Waals surface area contributed by atoms with E-state index in [0.717, 1.165) is 11.0 Å². The number of thioether (sulfide) groups is 1. The molecule has 0 aliphatic carbocycles. The maximum Gasteiger partial charge on any atom is 0.193 e. The molecule has 0 aliphatic rings. The number of hydrogen-bond donors (Lipinski definition) is 1. The molecular formula is C6H12N4OS. The van der Waals surface area contributed by atoms with E-state index in [-0.39, 0.29) is 0 Å². The van der Waals surface area contributed by atoms with E-state index in [2.05, 4.69) is 10.2 Å². The first-order valence-corrected chi connectivity index (χ1v) is 4.48. The Hall–Kier alpha value is -0.590. The molecule has 0 unspecified atom stereocenters. The number of aromatic nitrogens is 3. The fourth-order valence-electron chi connectivity index (χ4n) is 0.760. The largest absolute Gasteiger partial charge is 0.374 e. The van der Waals surface area contributed by atoms with Crippen molar-refractivity contribution in [1.82, 2.24) is 14.8 Å². The van der Waals surface area contributed by atoms with Gasteiger partial charge in [-0.05, 0) is 0 Å². The molecule has 0 atom stereocenters. The van der Waals surface area contributed by atoms with Gasteiger partial charge in [0.25, 0.3) is 0 Å². The third-order valence-electron chi connectivity index (χ3n) is 1.41. The number of rotatable bonds is 4. The molecule has 0 amide bonds. The van der Waals surface area contributed by atoms with Gasteiger partial charge in [0.15, 0.2) is 5.16 Å². The van der Waals surface area contributed by atoms with Gasteiger partial charge in [-0.3, -0.25) is 0 Å². The van der Waals surface area contributed by atoms with Crippen molar-refractivity contribution in [3.8, 4) is 0 Å². The zero-order chi connectivity index (χ0) is 8.97. The summed E-state index contributed by atoms with van der Waals surface area (Å²) in [5, 5.41) is 8.67. The lowest BCUT2D eigenvalue weighted by Crippen LogP contribution is -2.05. The maximum absolute atomic E-state index is 5.43. The van der Waals surface area contributed by atoms with Crippen LogP contribution in [0, 0.1) is 0 Å². The molecule has 12 heavy (non-hydrogen) atoms. The Morgan fingerprint density at radius 2 is 2.33 bits per heavy atom. The second-order valence-electron chi connectivity index (χ2n) is 2.21. The van der Waals surface area contributed by atoms with E-state index in [1.807, 2.05) is 11.6 Å². The van der Waals surface area contributed by atoms with Crippen molar-refractivity contribution in [2.45, 2.75) is 11.7 Å². The summed E-state index contributed by atoms with van der Waals surface area (Å²) < 4.78 is 6.76. The van der Waals surface area contributed by atoms with Gasteiger partial charge in [-0.25, -0.2) is 0 Å². The van der Waals surface area contributed by atoms with Crippen molar-refractivity contribution in [3.05, 3.63) is 5.82 Å². The number of hydrogen-bond acceptors (Lipinski definition) is 5. The van der Waals surface area contributed by atoms with E-state index >= 15 is 0 Å². The third kappa shape index (κ3) is 1.96. The van der Waals surface area contributed by atoms with Crippen LogP contribution in [0.1, 0.15) is 5.82 Å². The number of nitrogens with two attached hydrogens (primary N) is 1. The van der Waals surface area contributed by atoms with Crippen LogP contribution in [0.2, 0.25) is 0 Å². The molecule has 6 heteroatoms. The van der Waals surface area contributed by atoms with Crippen LogP contribution in [0.3, 0.4) is 0 Å². The number of ether oxygens (including phenoxy) is 1. The van der Waals surface area contributed by atoms with E-state index in [0.29, 0.717) is 12.5 Å². The Balaban J connectivity index is 2.66. The van der Waals surface area contributed by atoms with E-state index in [1.54, 1.807) is 7.11 Å². The highest BCUT2D eigenvalue weighted by Crippen LogP contribution is 2.14. The molecule has 5 nitrogen and oxygen atoms in total. The predicted molar refractivity (Wildman–Crippen MR) is 46.6 cm³/mol. The standard InChI is InChI=1S/C6H12N4OS/c1-10-5(3-7)8-9-6(10)12-4-11-2/h3-4,7H2,1-2H3. The highest BCUT2D eigenvalue weighted by Gasteiger charge is 2.06. The van der Waals surface area contributed by atoms with E-state index < -0.39 is 0 Å². The summed E-state index contributed by atoms with van der Waals surface area (Å²) in [5.41, 5.74) is 5.43. The minimum atomic E-state index is 0.414. The molecule has 0 spiro atoms. The molecule has 68 valence electrons. The molecule has 0 aliphatic heterocycles. The Kier molecular flexibility index (Phi) is 3.51. The summed E-state index contributed by atoms with van der Waals surface area (Å²) in [6, 6.07) is 0.